The molecule has 1 unspecified atom stereocenters. The van der Waals surface area contributed by atoms with Crippen molar-refractivity contribution in [1.29, 1.82) is 0 Å². The van der Waals surface area contributed by atoms with E-state index in [9.17, 15) is 4.79 Å². The maximum atomic E-state index is 11.9. The van der Waals surface area contributed by atoms with E-state index >= 15 is 0 Å². The van der Waals surface area contributed by atoms with E-state index in [0.717, 1.165) is 51.3 Å². The van der Waals surface area contributed by atoms with Crippen LogP contribution in [0.1, 0.15) is 52.0 Å². The van der Waals surface area contributed by atoms with Gasteiger partial charge in [0.25, 0.3) is 0 Å². The molecule has 0 aliphatic heterocycles. The summed E-state index contributed by atoms with van der Waals surface area (Å²) in [6, 6.07) is 11.2. The van der Waals surface area contributed by atoms with Crippen molar-refractivity contribution in [3.8, 4) is 0 Å². The quantitative estimate of drug-likeness (QED) is 0.220. The Morgan fingerprint density at radius 1 is 1.20 bits per heavy atom. The molecule has 0 saturated heterocycles. The number of ether oxygens (including phenoxy) is 1. The van der Waals surface area contributed by atoms with E-state index < -0.39 is 0 Å². The first-order valence-corrected chi connectivity index (χ1v) is 11.0. The third kappa shape index (κ3) is 9.20. The molecule has 170 valence electrons. The molecular formula is C23H39IN4O2. The number of aliphatic imine (C=N–C) groups is 1. The van der Waals surface area contributed by atoms with Gasteiger partial charge in [0, 0.05) is 25.2 Å². The lowest BCUT2D eigenvalue weighted by Crippen LogP contribution is -2.46. The molecule has 1 atom stereocenters. The van der Waals surface area contributed by atoms with Crippen LogP contribution in [0.4, 0.5) is 0 Å². The van der Waals surface area contributed by atoms with E-state index in [0.29, 0.717) is 18.7 Å². The second-order valence-corrected chi connectivity index (χ2v) is 7.91. The van der Waals surface area contributed by atoms with E-state index in [2.05, 4.69) is 60.7 Å². The number of benzene rings is 1. The van der Waals surface area contributed by atoms with Gasteiger partial charge in [0.15, 0.2) is 5.96 Å². The van der Waals surface area contributed by atoms with Crippen molar-refractivity contribution >= 4 is 35.9 Å². The minimum atomic E-state index is -0.0400. The molecule has 0 heterocycles. The standard InChI is InChI=1S/C23H38N4O2.HI/c1-5-24-23(26-21-14-12-20(13-15-21)22(28)29-6-2)25-16-18(3)27(4)17-19-10-8-7-9-11-19;/h7-11,18,20-21H,5-6,12-17H2,1-4H3,(H2,24,25,26);1H. The fourth-order valence-corrected chi connectivity index (χ4v) is 3.64. The largest absolute Gasteiger partial charge is 0.466 e. The maximum absolute atomic E-state index is 11.9. The van der Waals surface area contributed by atoms with E-state index in [1.54, 1.807) is 0 Å². The minimum absolute atomic E-state index is 0. The molecule has 0 radical (unpaired) electrons. The topological polar surface area (TPSA) is 66.0 Å². The summed E-state index contributed by atoms with van der Waals surface area (Å²) in [7, 11) is 2.14. The number of halogens is 1. The van der Waals surface area contributed by atoms with Crippen LogP contribution >= 0.6 is 24.0 Å². The molecule has 1 aliphatic rings. The lowest BCUT2D eigenvalue weighted by Gasteiger charge is -2.29. The Morgan fingerprint density at radius 3 is 2.47 bits per heavy atom. The highest BCUT2D eigenvalue weighted by molar-refractivity contribution is 14.0. The smallest absolute Gasteiger partial charge is 0.308 e. The summed E-state index contributed by atoms with van der Waals surface area (Å²) in [4.78, 5) is 19.1. The first-order chi connectivity index (χ1) is 14.0. The summed E-state index contributed by atoms with van der Waals surface area (Å²) in [5.74, 6) is 0.882. The van der Waals surface area contributed by atoms with Gasteiger partial charge in [-0.3, -0.25) is 14.7 Å². The molecule has 1 aliphatic carbocycles. The van der Waals surface area contributed by atoms with Gasteiger partial charge in [0.05, 0.1) is 19.1 Å². The lowest BCUT2D eigenvalue weighted by atomic mass is 9.86. The second-order valence-electron chi connectivity index (χ2n) is 7.91. The Bertz CT molecular complexity index is 633. The van der Waals surface area contributed by atoms with Gasteiger partial charge in [-0.2, -0.15) is 0 Å². The van der Waals surface area contributed by atoms with Crippen LogP contribution < -0.4 is 10.6 Å². The van der Waals surface area contributed by atoms with E-state index in [1.807, 2.05) is 13.0 Å². The minimum Gasteiger partial charge on any atom is -0.466 e. The third-order valence-electron chi connectivity index (χ3n) is 5.57. The monoisotopic (exact) mass is 530 g/mol. The van der Waals surface area contributed by atoms with Gasteiger partial charge in [0.2, 0.25) is 0 Å². The SMILES string of the molecule is CCNC(=NCC(C)N(C)Cc1ccccc1)NC1CCC(C(=O)OCC)CC1.I. The summed E-state index contributed by atoms with van der Waals surface area (Å²) in [6.45, 7) is 9.10. The van der Waals surface area contributed by atoms with Crippen LogP contribution in [0.2, 0.25) is 0 Å². The molecule has 0 aromatic heterocycles. The molecule has 0 spiro atoms. The van der Waals surface area contributed by atoms with Gasteiger partial charge in [-0.05, 0) is 59.1 Å². The summed E-state index contributed by atoms with van der Waals surface area (Å²) in [6.07, 6.45) is 3.70. The van der Waals surface area contributed by atoms with E-state index in [4.69, 9.17) is 9.73 Å². The Kier molecular flexibility index (Phi) is 13.0. The van der Waals surface area contributed by atoms with Crippen LogP contribution in [0, 0.1) is 5.92 Å². The molecule has 2 N–H and O–H groups in total. The van der Waals surface area contributed by atoms with Crippen molar-refractivity contribution in [2.45, 2.75) is 65.1 Å². The van der Waals surface area contributed by atoms with Crippen molar-refractivity contribution in [2.24, 2.45) is 10.9 Å². The number of rotatable bonds is 9. The van der Waals surface area contributed by atoms with Crippen molar-refractivity contribution in [3.05, 3.63) is 35.9 Å². The molecular weight excluding hydrogens is 491 g/mol. The molecule has 0 amide bonds. The van der Waals surface area contributed by atoms with Crippen LogP contribution in [0.3, 0.4) is 0 Å². The van der Waals surface area contributed by atoms with Crippen LogP contribution in [0.15, 0.2) is 35.3 Å². The number of nitrogens with zero attached hydrogens (tertiary/aromatic N) is 2. The van der Waals surface area contributed by atoms with Gasteiger partial charge in [-0.15, -0.1) is 24.0 Å². The highest BCUT2D eigenvalue weighted by Crippen LogP contribution is 2.25. The molecule has 1 fully saturated rings. The predicted octanol–water partition coefficient (Wildman–Crippen LogP) is 3.80. The third-order valence-corrected chi connectivity index (χ3v) is 5.57. The molecule has 0 bridgehead atoms. The molecule has 1 aromatic carbocycles. The zero-order valence-corrected chi connectivity index (χ0v) is 21.2. The van der Waals surface area contributed by atoms with Gasteiger partial charge >= 0.3 is 5.97 Å². The first-order valence-electron chi connectivity index (χ1n) is 11.0. The van der Waals surface area contributed by atoms with Crippen molar-refractivity contribution in [1.82, 2.24) is 15.5 Å². The summed E-state index contributed by atoms with van der Waals surface area (Å²) in [5, 5.41) is 6.92. The Morgan fingerprint density at radius 2 is 1.87 bits per heavy atom. The van der Waals surface area contributed by atoms with Crippen molar-refractivity contribution in [2.75, 3.05) is 26.7 Å². The number of hydrogen-bond acceptors (Lipinski definition) is 4. The number of carbonyl (C=O) groups is 1. The summed E-state index contributed by atoms with van der Waals surface area (Å²) >= 11 is 0. The van der Waals surface area contributed by atoms with E-state index in [-0.39, 0.29) is 35.9 Å². The highest BCUT2D eigenvalue weighted by atomic mass is 127. The number of likely N-dealkylation sites (N-methyl/N-ethyl adjacent to an activating group) is 1. The number of esters is 1. The average molecular weight is 530 g/mol. The number of carbonyl (C=O) groups excluding carboxylic acids is 1. The Labute approximate surface area is 199 Å². The average Bonchev–Trinajstić information content (AvgIpc) is 2.73. The van der Waals surface area contributed by atoms with Gasteiger partial charge in [0.1, 0.15) is 0 Å². The Hall–Kier alpha value is -1.35. The zero-order valence-electron chi connectivity index (χ0n) is 18.9. The second kappa shape index (κ2) is 14.6. The van der Waals surface area contributed by atoms with Crippen LogP contribution in [-0.2, 0) is 16.1 Å². The fraction of sp³-hybridized carbons (Fsp3) is 0.652. The normalized spacial score (nSPS) is 20.2. The van der Waals surface area contributed by atoms with E-state index in [1.165, 1.54) is 5.56 Å². The van der Waals surface area contributed by atoms with Crippen LogP contribution in [-0.4, -0.2) is 55.7 Å². The number of nitrogens with one attached hydrogen (secondary N) is 2. The molecule has 30 heavy (non-hydrogen) atoms. The van der Waals surface area contributed by atoms with Gasteiger partial charge in [-0.1, -0.05) is 30.3 Å². The van der Waals surface area contributed by atoms with Crippen molar-refractivity contribution < 1.29 is 9.53 Å². The zero-order chi connectivity index (χ0) is 21.1. The maximum Gasteiger partial charge on any atom is 0.308 e. The van der Waals surface area contributed by atoms with Crippen LogP contribution in [0.25, 0.3) is 0 Å². The van der Waals surface area contributed by atoms with Crippen LogP contribution in [0.5, 0.6) is 0 Å². The fourth-order valence-electron chi connectivity index (χ4n) is 3.64. The lowest BCUT2D eigenvalue weighted by molar-refractivity contribution is -0.149. The first kappa shape index (κ1) is 26.7. The summed E-state index contributed by atoms with van der Waals surface area (Å²) < 4.78 is 5.17. The molecule has 1 aromatic rings. The van der Waals surface area contributed by atoms with Gasteiger partial charge < -0.3 is 15.4 Å². The predicted molar refractivity (Wildman–Crippen MR) is 134 cm³/mol. The highest BCUT2D eigenvalue weighted by Gasteiger charge is 2.27. The Balaban J connectivity index is 0.00000450. The molecule has 1 saturated carbocycles. The number of guanidine groups is 1. The molecule has 7 heteroatoms. The molecule has 2 rings (SSSR count). The molecule has 6 nitrogen and oxygen atoms in total. The van der Waals surface area contributed by atoms with Crippen molar-refractivity contribution in [3.63, 3.8) is 0 Å². The summed E-state index contributed by atoms with van der Waals surface area (Å²) in [5.41, 5.74) is 1.31. The van der Waals surface area contributed by atoms with Gasteiger partial charge in [-0.25, -0.2) is 0 Å². The number of hydrogen-bond donors (Lipinski definition) is 2.